The van der Waals surface area contributed by atoms with Crippen LogP contribution in [0.5, 0.6) is 0 Å². The van der Waals surface area contributed by atoms with Gasteiger partial charge in [0.2, 0.25) is 0 Å². The Morgan fingerprint density at radius 3 is 2.72 bits per heavy atom. The van der Waals surface area contributed by atoms with Crippen molar-refractivity contribution in [1.29, 1.82) is 0 Å². The number of benzene rings is 1. The predicted molar refractivity (Wildman–Crippen MR) is 76.7 cm³/mol. The highest BCUT2D eigenvalue weighted by molar-refractivity contribution is 7.23. The van der Waals surface area contributed by atoms with Gasteiger partial charge in [0.15, 0.2) is 0 Å². The van der Waals surface area contributed by atoms with Crippen molar-refractivity contribution in [2.45, 2.75) is 12.8 Å². The molecule has 2 aromatic rings. The molecule has 1 N–H and O–H groups in total. The average molecular weight is 281 g/mol. The van der Waals surface area contributed by atoms with Crippen molar-refractivity contribution in [3.8, 4) is 0 Å². The molecule has 1 aromatic carbocycles. The lowest BCUT2D eigenvalue weighted by Gasteiger charge is -2.15. The van der Waals surface area contributed by atoms with Gasteiger partial charge in [-0.05, 0) is 18.9 Å². The van der Waals surface area contributed by atoms with Gasteiger partial charge in [-0.2, -0.15) is 0 Å². The normalized spacial score (nSPS) is 15.3. The van der Waals surface area contributed by atoms with E-state index in [1.54, 1.807) is 0 Å². The van der Waals surface area contributed by atoms with E-state index in [-0.39, 0.29) is 6.03 Å². The lowest BCUT2D eigenvalue weighted by Crippen LogP contribution is -2.31. The topological polar surface area (TPSA) is 32.3 Å². The smallest absolute Gasteiger partial charge is 0.322 e. The van der Waals surface area contributed by atoms with Crippen molar-refractivity contribution in [2.24, 2.45) is 0 Å². The van der Waals surface area contributed by atoms with Crippen molar-refractivity contribution in [3.05, 3.63) is 29.3 Å². The molecule has 0 spiro atoms. The number of nitrogens with one attached hydrogen (secondary N) is 1. The van der Waals surface area contributed by atoms with Crippen LogP contribution in [0, 0.1) is 0 Å². The van der Waals surface area contributed by atoms with Crippen LogP contribution in [-0.4, -0.2) is 24.0 Å². The number of carbonyl (C=O) groups is 1. The van der Waals surface area contributed by atoms with Crippen LogP contribution in [0.4, 0.5) is 9.80 Å². The Labute approximate surface area is 114 Å². The van der Waals surface area contributed by atoms with E-state index >= 15 is 0 Å². The monoisotopic (exact) mass is 280 g/mol. The van der Waals surface area contributed by atoms with E-state index in [0.29, 0.717) is 5.02 Å². The van der Waals surface area contributed by atoms with Gasteiger partial charge in [-0.25, -0.2) is 4.79 Å². The third-order valence-electron chi connectivity index (χ3n) is 3.15. The van der Waals surface area contributed by atoms with Gasteiger partial charge >= 0.3 is 6.03 Å². The molecule has 1 aromatic heterocycles. The Bertz CT molecular complexity index is 590. The molecule has 0 aliphatic carbocycles. The SMILES string of the molecule is O=C(Nc1sc2ccccc2c1Cl)N1CCCC1. The number of anilines is 1. The maximum Gasteiger partial charge on any atom is 0.322 e. The second-order valence-electron chi connectivity index (χ2n) is 4.37. The predicted octanol–water partition coefficient (Wildman–Crippen LogP) is 4.18. The Balaban J connectivity index is 1.86. The van der Waals surface area contributed by atoms with Crippen LogP contribution in [0.3, 0.4) is 0 Å². The summed E-state index contributed by atoms with van der Waals surface area (Å²) < 4.78 is 1.10. The first-order valence-corrected chi connectivity index (χ1v) is 7.18. The van der Waals surface area contributed by atoms with Crippen LogP contribution in [-0.2, 0) is 0 Å². The van der Waals surface area contributed by atoms with Gasteiger partial charge < -0.3 is 4.90 Å². The van der Waals surface area contributed by atoms with E-state index in [1.807, 2.05) is 29.2 Å². The van der Waals surface area contributed by atoms with Crippen LogP contribution < -0.4 is 5.32 Å². The Morgan fingerprint density at radius 1 is 1.28 bits per heavy atom. The molecule has 0 atom stereocenters. The zero-order chi connectivity index (χ0) is 12.5. The molecule has 0 unspecified atom stereocenters. The molecule has 0 bridgehead atoms. The molecule has 1 fully saturated rings. The molecule has 3 nitrogen and oxygen atoms in total. The third-order valence-corrected chi connectivity index (χ3v) is 4.74. The van der Waals surface area contributed by atoms with Crippen molar-refractivity contribution in [2.75, 3.05) is 18.4 Å². The molecule has 1 saturated heterocycles. The highest BCUT2D eigenvalue weighted by atomic mass is 35.5. The number of urea groups is 1. The number of rotatable bonds is 1. The third kappa shape index (κ3) is 2.06. The van der Waals surface area contributed by atoms with Gasteiger partial charge in [0.25, 0.3) is 0 Å². The fourth-order valence-corrected chi connectivity index (χ4v) is 3.56. The van der Waals surface area contributed by atoms with Gasteiger partial charge in [-0.3, -0.25) is 5.32 Å². The number of carbonyl (C=O) groups excluding carboxylic acids is 1. The second-order valence-corrected chi connectivity index (χ2v) is 5.80. The molecule has 3 rings (SSSR count). The molecule has 1 aliphatic rings. The number of halogens is 1. The van der Waals surface area contributed by atoms with Crippen molar-refractivity contribution >= 4 is 44.1 Å². The Hall–Kier alpha value is -1.26. The molecule has 2 heterocycles. The van der Waals surface area contributed by atoms with Gasteiger partial charge in [0.05, 0.1) is 5.02 Å². The van der Waals surface area contributed by atoms with E-state index in [2.05, 4.69) is 5.32 Å². The number of likely N-dealkylation sites (tertiary alicyclic amines) is 1. The minimum absolute atomic E-state index is 0.0408. The molecule has 2 amide bonds. The molecule has 18 heavy (non-hydrogen) atoms. The van der Waals surface area contributed by atoms with Crippen LogP contribution >= 0.6 is 22.9 Å². The van der Waals surface area contributed by atoms with Crippen molar-refractivity contribution in [1.82, 2.24) is 4.90 Å². The Morgan fingerprint density at radius 2 is 2.00 bits per heavy atom. The zero-order valence-corrected chi connectivity index (χ0v) is 11.4. The van der Waals surface area contributed by atoms with Crippen molar-refractivity contribution < 1.29 is 4.79 Å². The van der Waals surface area contributed by atoms with E-state index in [4.69, 9.17) is 11.6 Å². The van der Waals surface area contributed by atoms with Gasteiger partial charge in [-0.15, -0.1) is 11.3 Å². The minimum atomic E-state index is -0.0408. The molecular weight excluding hydrogens is 268 g/mol. The first-order valence-electron chi connectivity index (χ1n) is 5.98. The highest BCUT2D eigenvalue weighted by Crippen LogP contribution is 2.39. The number of amides is 2. The van der Waals surface area contributed by atoms with Crippen LogP contribution in [0.15, 0.2) is 24.3 Å². The summed E-state index contributed by atoms with van der Waals surface area (Å²) in [5, 5.41) is 5.30. The van der Waals surface area contributed by atoms with E-state index in [9.17, 15) is 4.79 Å². The summed E-state index contributed by atoms with van der Waals surface area (Å²) in [7, 11) is 0. The summed E-state index contributed by atoms with van der Waals surface area (Å²) in [4.78, 5) is 13.8. The standard InChI is InChI=1S/C13H13ClN2OS/c14-11-9-5-1-2-6-10(9)18-12(11)15-13(17)16-7-3-4-8-16/h1-2,5-6H,3-4,7-8H2,(H,15,17). The molecule has 0 radical (unpaired) electrons. The van der Waals surface area contributed by atoms with E-state index in [0.717, 1.165) is 41.0 Å². The molecular formula is C13H13ClN2OS. The van der Waals surface area contributed by atoms with Gasteiger partial charge in [0, 0.05) is 23.2 Å². The number of nitrogens with zero attached hydrogens (tertiary/aromatic N) is 1. The first-order chi connectivity index (χ1) is 8.75. The van der Waals surface area contributed by atoms with Crippen molar-refractivity contribution in [3.63, 3.8) is 0 Å². The zero-order valence-electron chi connectivity index (χ0n) is 9.78. The molecule has 5 heteroatoms. The van der Waals surface area contributed by atoms with E-state index in [1.165, 1.54) is 11.3 Å². The summed E-state index contributed by atoms with van der Waals surface area (Å²) in [6, 6.07) is 7.87. The summed E-state index contributed by atoms with van der Waals surface area (Å²) in [5.41, 5.74) is 0. The summed E-state index contributed by atoms with van der Waals surface area (Å²) in [5.74, 6) is 0. The molecule has 94 valence electrons. The molecule has 0 saturated carbocycles. The van der Waals surface area contributed by atoms with E-state index < -0.39 is 0 Å². The lowest BCUT2D eigenvalue weighted by atomic mass is 10.3. The largest absolute Gasteiger partial charge is 0.325 e. The lowest BCUT2D eigenvalue weighted by molar-refractivity contribution is 0.222. The van der Waals surface area contributed by atoms with Gasteiger partial charge in [-0.1, -0.05) is 29.8 Å². The summed E-state index contributed by atoms with van der Waals surface area (Å²) >= 11 is 7.81. The number of hydrogen-bond acceptors (Lipinski definition) is 2. The first kappa shape index (κ1) is 11.8. The van der Waals surface area contributed by atoms with Crippen LogP contribution in [0.1, 0.15) is 12.8 Å². The maximum absolute atomic E-state index is 12.0. The summed E-state index contributed by atoms with van der Waals surface area (Å²) in [6.45, 7) is 1.68. The highest BCUT2D eigenvalue weighted by Gasteiger charge is 2.20. The van der Waals surface area contributed by atoms with Gasteiger partial charge in [0.1, 0.15) is 5.00 Å². The number of thiophene rings is 1. The quantitative estimate of drug-likeness (QED) is 0.835. The fraction of sp³-hybridized carbons (Fsp3) is 0.308. The number of fused-ring (bicyclic) bond motifs is 1. The summed E-state index contributed by atoms with van der Waals surface area (Å²) in [6.07, 6.45) is 2.18. The maximum atomic E-state index is 12.0. The van der Waals surface area contributed by atoms with Crippen LogP contribution in [0.2, 0.25) is 5.02 Å². The second kappa shape index (κ2) is 4.78. The molecule has 1 aliphatic heterocycles. The number of hydrogen-bond donors (Lipinski definition) is 1. The van der Waals surface area contributed by atoms with Crippen LogP contribution in [0.25, 0.3) is 10.1 Å². The Kier molecular flexibility index (Phi) is 3.14. The fourth-order valence-electron chi connectivity index (χ4n) is 2.19. The average Bonchev–Trinajstić information content (AvgIpc) is 3.00. The minimum Gasteiger partial charge on any atom is -0.325 e.